The fourth-order valence-corrected chi connectivity index (χ4v) is 3.44. The van der Waals surface area contributed by atoms with E-state index in [-0.39, 0.29) is 17.6 Å². The van der Waals surface area contributed by atoms with Gasteiger partial charge >= 0.3 is 0 Å². The molecule has 0 unspecified atom stereocenters. The summed E-state index contributed by atoms with van der Waals surface area (Å²) >= 11 is 0. The third-order valence-electron chi connectivity index (χ3n) is 5.17. The topological polar surface area (TPSA) is 65.5 Å². The van der Waals surface area contributed by atoms with E-state index in [0.717, 1.165) is 18.2 Å². The highest BCUT2D eigenvalue weighted by Gasteiger charge is 2.27. The third kappa shape index (κ3) is 4.08. The van der Waals surface area contributed by atoms with Gasteiger partial charge in [-0.3, -0.25) is 19.5 Å². The Kier molecular flexibility index (Phi) is 4.78. The van der Waals surface area contributed by atoms with Gasteiger partial charge in [-0.2, -0.15) is 0 Å². The fourth-order valence-electron chi connectivity index (χ4n) is 3.44. The average molecular weight is 370 g/mol. The summed E-state index contributed by atoms with van der Waals surface area (Å²) in [7, 11) is 0. The van der Waals surface area contributed by atoms with Crippen LogP contribution in [0.25, 0.3) is 10.9 Å². The van der Waals surface area contributed by atoms with Crippen molar-refractivity contribution in [3.05, 3.63) is 41.3 Å². The molecule has 0 atom stereocenters. The molecular formula is C20H23FN4O2. The first kappa shape index (κ1) is 17.9. The number of nitrogens with one attached hydrogen (secondary N) is 1. The van der Waals surface area contributed by atoms with Crippen molar-refractivity contribution in [3.63, 3.8) is 0 Å². The number of hydrogen-bond acceptors (Lipinski definition) is 4. The van der Waals surface area contributed by atoms with Gasteiger partial charge in [-0.25, -0.2) is 4.39 Å². The quantitative estimate of drug-likeness (QED) is 0.890. The van der Waals surface area contributed by atoms with Gasteiger partial charge in [0.1, 0.15) is 5.82 Å². The first-order valence-electron chi connectivity index (χ1n) is 9.37. The SMILES string of the molecule is Cc1nc2cc(F)ccc2cc1C(=O)N1CCN(CC(=O)NC2CC2)CC1. The fraction of sp³-hybridized carbons (Fsp3) is 0.450. The summed E-state index contributed by atoms with van der Waals surface area (Å²) in [6.07, 6.45) is 2.17. The lowest BCUT2D eigenvalue weighted by Crippen LogP contribution is -2.51. The number of hydrogen-bond donors (Lipinski definition) is 1. The Labute approximate surface area is 157 Å². The minimum absolute atomic E-state index is 0.0618. The van der Waals surface area contributed by atoms with E-state index in [4.69, 9.17) is 0 Å². The van der Waals surface area contributed by atoms with Crippen LogP contribution in [0, 0.1) is 12.7 Å². The van der Waals surface area contributed by atoms with Crippen molar-refractivity contribution in [1.82, 2.24) is 20.1 Å². The van der Waals surface area contributed by atoms with E-state index < -0.39 is 0 Å². The average Bonchev–Trinajstić information content (AvgIpc) is 3.45. The summed E-state index contributed by atoms with van der Waals surface area (Å²) in [5, 5.41) is 3.74. The molecule has 1 aliphatic heterocycles. The molecule has 1 saturated heterocycles. The van der Waals surface area contributed by atoms with Crippen molar-refractivity contribution in [2.24, 2.45) is 0 Å². The highest BCUT2D eigenvalue weighted by Crippen LogP contribution is 2.20. The molecule has 142 valence electrons. The largest absolute Gasteiger partial charge is 0.352 e. The van der Waals surface area contributed by atoms with Crippen LogP contribution in [-0.2, 0) is 4.79 Å². The second kappa shape index (κ2) is 7.23. The number of benzene rings is 1. The van der Waals surface area contributed by atoms with Crippen LogP contribution in [0.5, 0.6) is 0 Å². The molecule has 1 aromatic carbocycles. The number of pyridine rings is 1. The van der Waals surface area contributed by atoms with Gasteiger partial charge in [0.2, 0.25) is 5.91 Å². The van der Waals surface area contributed by atoms with Crippen LogP contribution in [0.1, 0.15) is 28.9 Å². The Hall–Kier alpha value is -2.54. The highest BCUT2D eigenvalue weighted by molar-refractivity contribution is 5.98. The molecule has 2 aliphatic rings. The molecule has 1 N–H and O–H groups in total. The molecule has 2 heterocycles. The molecule has 2 fully saturated rings. The van der Waals surface area contributed by atoms with E-state index >= 15 is 0 Å². The minimum atomic E-state index is -0.338. The Balaban J connectivity index is 1.40. The Morgan fingerprint density at radius 1 is 1.19 bits per heavy atom. The summed E-state index contributed by atoms with van der Waals surface area (Å²) < 4.78 is 13.4. The van der Waals surface area contributed by atoms with Crippen molar-refractivity contribution in [2.45, 2.75) is 25.8 Å². The van der Waals surface area contributed by atoms with E-state index in [0.29, 0.717) is 55.5 Å². The van der Waals surface area contributed by atoms with Crippen LogP contribution in [0.15, 0.2) is 24.3 Å². The number of halogens is 1. The molecule has 2 amide bonds. The number of carbonyl (C=O) groups excluding carboxylic acids is 2. The predicted molar refractivity (Wildman–Crippen MR) is 99.9 cm³/mol. The molecule has 6 nitrogen and oxygen atoms in total. The Bertz CT molecular complexity index is 889. The molecule has 4 rings (SSSR count). The monoisotopic (exact) mass is 370 g/mol. The van der Waals surface area contributed by atoms with Crippen LogP contribution in [0.4, 0.5) is 4.39 Å². The van der Waals surface area contributed by atoms with Crippen molar-refractivity contribution in [3.8, 4) is 0 Å². The summed E-state index contributed by atoms with van der Waals surface area (Å²) in [5.41, 5.74) is 1.70. The summed E-state index contributed by atoms with van der Waals surface area (Å²) in [6, 6.07) is 6.55. The lowest BCUT2D eigenvalue weighted by Gasteiger charge is -2.34. The van der Waals surface area contributed by atoms with Crippen molar-refractivity contribution >= 4 is 22.7 Å². The number of fused-ring (bicyclic) bond motifs is 1. The number of amides is 2. The molecule has 27 heavy (non-hydrogen) atoms. The second-order valence-corrected chi connectivity index (χ2v) is 7.37. The molecule has 7 heteroatoms. The lowest BCUT2D eigenvalue weighted by atomic mass is 10.1. The first-order valence-corrected chi connectivity index (χ1v) is 9.37. The zero-order valence-corrected chi connectivity index (χ0v) is 15.4. The van der Waals surface area contributed by atoms with Gasteiger partial charge in [0, 0.05) is 43.7 Å². The maximum Gasteiger partial charge on any atom is 0.255 e. The summed E-state index contributed by atoms with van der Waals surface area (Å²) in [5.74, 6) is -0.331. The zero-order chi connectivity index (χ0) is 19.0. The number of piperazine rings is 1. The van der Waals surface area contributed by atoms with Crippen LogP contribution in [0.3, 0.4) is 0 Å². The molecule has 1 aliphatic carbocycles. The van der Waals surface area contributed by atoms with E-state index in [1.807, 2.05) is 0 Å². The number of rotatable bonds is 4. The van der Waals surface area contributed by atoms with Gasteiger partial charge in [-0.15, -0.1) is 0 Å². The van der Waals surface area contributed by atoms with Crippen LogP contribution < -0.4 is 5.32 Å². The van der Waals surface area contributed by atoms with Crippen molar-refractivity contribution in [1.29, 1.82) is 0 Å². The first-order chi connectivity index (χ1) is 13.0. The third-order valence-corrected chi connectivity index (χ3v) is 5.17. The Morgan fingerprint density at radius 2 is 1.93 bits per heavy atom. The molecule has 2 aromatic rings. The van der Waals surface area contributed by atoms with Gasteiger partial charge < -0.3 is 10.2 Å². The van der Waals surface area contributed by atoms with Gasteiger partial charge in [0.05, 0.1) is 23.3 Å². The lowest BCUT2D eigenvalue weighted by molar-refractivity contribution is -0.122. The molecule has 1 aromatic heterocycles. The Morgan fingerprint density at radius 3 is 2.63 bits per heavy atom. The van der Waals surface area contributed by atoms with E-state index in [9.17, 15) is 14.0 Å². The van der Waals surface area contributed by atoms with Gasteiger partial charge in [0.25, 0.3) is 5.91 Å². The van der Waals surface area contributed by atoms with Gasteiger partial charge in [-0.05, 0) is 38.0 Å². The van der Waals surface area contributed by atoms with Crippen molar-refractivity contribution < 1.29 is 14.0 Å². The van der Waals surface area contributed by atoms with E-state index in [2.05, 4.69) is 15.2 Å². The van der Waals surface area contributed by atoms with Crippen LogP contribution in [0.2, 0.25) is 0 Å². The minimum Gasteiger partial charge on any atom is -0.352 e. The second-order valence-electron chi connectivity index (χ2n) is 7.37. The van der Waals surface area contributed by atoms with E-state index in [1.54, 1.807) is 24.0 Å². The molecule has 0 radical (unpaired) electrons. The molecule has 0 spiro atoms. The molecular weight excluding hydrogens is 347 g/mol. The maximum absolute atomic E-state index is 13.4. The number of aryl methyl sites for hydroxylation is 1. The van der Waals surface area contributed by atoms with Crippen molar-refractivity contribution in [2.75, 3.05) is 32.7 Å². The van der Waals surface area contributed by atoms with Crippen LogP contribution in [-0.4, -0.2) is 65.4 Å². The standard InChI is InChI=1S/C20H23FN4O2/c1-13-17(10-14-2-3-15(21)11-18(14)22-13)20(27)25-8-6-24(7-9-25)12-19(26)23-16-4-5-16/h2-3,10-11,16H,4-9,12H2,1H3,(H,23,26). The predicted octanol–water partition coefficient (Wildman–Crippen LogP) is 1.72. The normalized spacial score (nSPS) is 17.9. The van der Waals surface area contributed by atoms with Crippen LogP contribution >= 0.6 is 0 Å². The van der Waals surface area contributed by atoms with E-state index in [1.165, 1.54) is 12.1 Å². The molecule has 1 saturated carbocycles. The zero-order valence-electron chi connectivity index (χ0n) is 15.4. The summed E-state index contributed by atoms with van der Waals surface area (Å²) in [6.45, 7) is 4.67. The number of carbonyl (C=O) groups is 2. The number of nitrogens with zero attached hydrogens (tertiary/aromatic N) is 3. The highest BCUT2D eigenvalue weighted by atomic mass is 19.1. The molecule has 0 bridgehead atoms. The van der Waals surface area contributed by atoms with Gasteiger partial charge in [-0.1, -0.05) is 0 Å². The maximum atomic E-state index is 13.4. The summed E-state index contributed by atoms with van der Waals surface area (Å²) in [4.78, 5) is 33.1. The smallest absolute Gasteiger partial charge is 0.255 e. The number of aromatic nitrogens is 1. The van der Waals surface area contributed by atoms with Gasteiger partial charge in [0.15, 0.2) is 0 Å².